The molecule has 4 rings (SSSR count). The molecule has 0 aliphatic carbocycles. The summed E-state index contributed by atoms with van der Waals surface area (Å²) in [6.45, 7) is 7.70. The zero-order valence-corrected chi connectivity index (χ0v) is 27.3. The van der Waals surface area contributed by atoms with Crippen molar-refractivity contribution in [2.24, 2.45) is 0 Å². The van der Waals surface area contributed by atoms with Crippen molar-refractivity contribution in [3.05, 3.63) is 132 Å². The number of carbonyl (C=O) groups excluding carboxylic acids is 2. The average Bonchev–Trinajstić information content (AvgIpc) is 3.06. The summed E-state index contributed by atoms with van der Waals surface area (Å²) in [4.78, 5) is 30.0. The highest BCUT2D eigenvalue weighted by Gasteiger charge is 2.35. The van der Waals surface area contributed by atoms with Crippen molar-refractivity contribution in [1.29, 1.82) is 0 Å². The number of sulfonamides is 1. The Bertz CT molecular complexity index is 1630. The predicted octanol–water partition coefficient (Wildman–Crippen LogP) is 6.56. The molecule has 1 N–H and O–H groups in total. The maximum atomic E-state index is 14.5. The Labute approximate surface area is 268 Å². The van der Waals surface area contributed by atoms with Crippen LogP contribution in [0.15, 0.2) is 120 Å². The van der Waals surface area contributed by atoms with Gasteiger partial charge in [-0.25, -0.2) is 8.42 Å². The summed E-state index contributed by atoms with van der Waals surface area (Å²) in [5, 5.41) is 3.06. The van der Waals surface area contributed by atoms with E-state index in [1.807, 2.05) is 86.6 Å². The van der Waals surface area contributed by atoms with Gasteiger partial charge in [0.25, 0.3) is 10.0 Å². The van der Waals surface area contributed by atoms with Crippen LogP contribution in [0.1, 0.15) is 56.7 Å². The van der Waals surface area contributed by atoms with Crippen LogP contribution in [0, 0.1) is 0 Å². The normalized spacial score (nSPS) is 12.7. The number of anilines is 1. The first-order chi connectivity index (χ1) is 21.6. The molecule has 0 aliphatic rings. The molecule has 0 bridgehead atoms. The van der Waals surface area contributed by atoms with Gasteiger partial charge < -0.3 is 10.2 Å². The first-order valence-corrected chi connectivity index (χ1v) is 16.9. The van der Waals surface area contributed by atoms with Crippen molar-refractivity contribution < 1.29 is 18.0 Å². The number of nitrogens with zero attached hydrogens (tertiary/aromatic N) is 2. The van der Waals surface area contributed by atoms with Crippen LogP contribution in [-0.4, -0.2) is 43.8 Å². The predicted molar refractivity (Wildman–Crippen MR) is 180 cm³/mol. The van der Waals surface area contributed by atoms with E-state index in [9.17, 15) is 18.0 Å². The van der Waals surface area contributed by atoms with E-state index in [0.29, 0.717) is 5.69 Å². The number of carbonyl (C=O) groups is 2. The first-order valence-electron chi connectivity index (χ1n) is 15.5. The molecule has 0 spiro atoms. The summed E-state index contributed by atoms with van der Waals surface area (Å²) in [6.07, 6.45) is 1.00. The Morgan fingerprint density at radius 1 is 0.733 bits per heavy atom. The fourth-order valence-electron chi connectivity index (χ4n) is 5.05. The van der Waals surface area contributed by atoms with Crippen molar-refractivity contribution in [2.45, 2.75) is 70.0 Å². The van der Waals surface area contributed by atoms with E-state index in [4.69, 9.17) is 0 Å². The van der Waals surface area contributed by atoms with Gasteiger partial charge in [0.15, 0.2) is 0 Å². The maximum Gasteiger partial charge on any atom is 0.264 e. The van der Waals surface area contributed by atoms with Crippen LogP contribution in [0.2, 0.25) is 0 Å². The lowest BCUT2D eigenvalue weighted by Gasteiger charge is -2.34. The van der Waals surface area contributed by atoms with Gasteiger partial charge in [0.2, 0.25) is 11.8 Å². The van der Waals surface area contributed by atoms with Crippen LogP contribution in [0.25, 0.3) is 0 Å². The molecule has 0 saturated heterocycles. The molecule has 0 aromatic heterocycles. The molecule has 0 fully saturated rings. The van der Waals surface area contributed by atoms with Gasteiger partial charge in [-0.15, -0.1) is 0 Å². The zero-order valence-electron chi connectivity index (χ0n) is 26.5. The van der Waals surface area contributed by atoms with E-state index >= 15 is 0 Å². The van der Waals surface area contributed by atoms with E-state index in [-0.39, 0.29) is 35.7 Å². The van der Waals surface area contributed by atoms with Gasteiger partial charge in [-0.1, -0.05) is 112 Å². The second-order valence-electron chi connectivity index (χ2n) is 11.6. The van der Waals surface area contributed by atoms with Gasteiger partial charge in [-0.2, -0.15) is 0 Å². The van der Waals surface area contributed by atoms with Crippen molar-refractivity contribution in [3.8, 4) is 0 Å². The van der Waals surface area contributed by atoms with Gasteiger partial charge in [-0.3, -0.25) is 13.9 Å². The van der Waals surface area contributed by atoms with Crippen LogP contribution >= 0.6 is 0 Å². The summed E-state index contributed by atoms with van der Waals surface area (Å²) >= 11 is 0. The first kappa shape index (κ1) is 33.5. The largest absolute Gasteiger partial charge is 0.352 e. The molecule has 2 atom stereocenters. The molecule has 7 nitrogen and oxygen atoms in total. The van der Waals surface area contributed by atoms with E-state index in [2.05, 4.69) is 19.2 Å². The van der Waals surface area contributed by atoms with E-state index < -0.39 is 28.5 Å². The third-order valence-corrected chi connectivity index (χ3v) is 9.71. The van der Waals surface area contributed by atoms with Gasteiger partial charge in [0.1, 0.15) is 12.6 Å². The molecule has 8 heteroatoms. The van der Waals surface area contributed by atoms with Crippen LogP contribution in [0.4, 0.5) is 5.69 Å². The van der Waals surface area contributed by atoms with Crippen molar-refractivity contribution in [3.63, 3.8) is 0 Å². The zero-order chi connectivity index (χ0) is 32.4. The van der Waals surface area contributed by atoms with Crippen LogP contribution in [0.5, 0.6) is 0 Å². The summed E-state index contributed by atoms with van der Waals surface area (Å²) in [5.74, 6) is -0.508. The molecule has 45 heavy (non-hydrogen) atoms. The summed E-state index contributed by atoms with van der Waals surface area (Å²) in [5.41, 5.74) is 3.15. The molecule has 2 amide bonds. The number of hydrogen-bond acceptors (Lipinski definition) is 4. The highest BCUT2D eigenvalue weighted by molar-refractivity contribution is 7.92. The van der Waals surface area contributed by atoms with Crippen molar-refractivity contribution in [1.82, 2.24) is 10.2 Å². The van der Waals surface area contributed by atoms with E-state index in [1.165, 1.54) is 17.0 Å². The SMILES string of the molecule is CC[C@@H](C)NC(=O)[C@@H](Cc1ccccc1)N(Cc1ccccc1)C(=O)CN(c1ccc(C(C)C)cc1)S(=O)(=O)c1ccccc1. The van der Waals surface area contributed by atoms with E-state index in [1.54, 1.807) is 30.3 Å². The Balaban J connectivity index is 1.79. The molecule has 4 aromatic rings. The van der Waals surface area contributed by atoms with E-state index in [0.717, 1.165) is 27.4 Å². The number of hydrogen-bond donors (Lipinski definition) is 1. The molecule has 0 radical (unpaired) electrons. The Hall–Kier alpha value is -4.43. The minimum absolute atomic E-state index is 0.0793. The minimum atomic E-state index is -4.13. The minimum Gasteiger partial charge on any atom is -0.352 e. The maximum absolute atomic E-state index is 14.5. The molecular formula is C37H43N3O4S. The third-order valence-electron chi connectivity index (χ3n) is 7.93. The lowest BCUT2D eigenvalue weighted by Crippen LogP contribution is -2.54. The molecule has 0 heterocycles. The molecule has 0 aliphatic heterocycles. The lowest BCUT2D eigenvalue weighted by molar-refractivity contribution is -0.140. The third kappa shape index (κ3) is 8.82. The highest BCUT2D eigenvalue weighted by atomic mass is 32.2. The summed E-state index contributed by atoms with van der Waals surface area (Å²) in [6, 6.07) is 33.4. The van der Waals surface area contributed by atoms with Crippen LogP contribution < -0.4 is 9.62 Å². The number of rotatable bonds is 14. The smallest absolute Gasteiger partial charge is 0.264 e. The number of nitrogens with one attached hydrogen (secondary N) is 1. The fourth-order valence-corrected chi connectivity index (χ4v) is 6.48. The van der Waals surface area contributed by atoms with Crippen molar-refractivity contribution in [2.75, 3.05) is 10.8 Å². The van der Waals surface area contributed by atoms with Gasteiger partial charge >= 0.3 is 0 Å². The topological polar surface area (TPSA) is 86.8 Å². The Morgan fingerprint density at radius 3 is 1.80 bits per heavy atom. The van der Waals surface area contributed by atoms with Gasteiger partial charge in [-0.05, 0) is 60.2 Å². The molecule has 236 valence electrons. The monoisotopic (exact) mass is 625 g/mol. The highest BCUT2D eigenvalue weighted by Crippen LogP contribution is 2.27. The quantitative estimate of drug-likeness (QED) is 0.172. The molecule has 4 aromatic carbocycles. The Morgan fingerprint density at radius 2 is 1.27 bits per heavy atom. The number of amides is 2. The summed E-state index contributed by atoms with van der Waals surface area (Å²) < 4.78 is 29.4. The second kappa shape index (κ2) is 15.5. The molecule has 0 unspecified atom stereocenters. The second-order valence-corrected chi connectivity index (χ2v) is 13.5. The fraction of sp³-hybridized carbons (Fsp3) is 0.297. The van der Waals surface area contributed by atoms with Crippen LogP contribution in [-0.2, 0) is 32.6 Å². The summed E-state index contributed by atoms with van der Waals surface area (Å²) in [7, 11) is -4.13. The van der Waals surface area contributed by atoms with Gasteiger partial charge in [0.05, 0.1) is 10.6 Å². The molecule has 0 saturated carbocycles. The Kier molecular flexibility index (Phi) is 11.5. The van der Waals surface area contributed by atoms with Gasteiger partial charge in [0, 0.05) is 19.0 Å². The standard InChI is InChI=1S/C37H43N3O4S/c1-5-29(4)38-37(42)35(25-30-15-9-6-10-16-30)39(26-31-17-11-7-12-18-31)36(41)27-40(33-23-21-32(22-24-33)28(2)3)45(43,44)34-19-13-8-14-20-34/h6-24,28-29,35H,5,25-27H2,1-4H3,(H,38,42)/t29-,35-/m1/s1. The lowest BCUT2D eigenvalue weighted by atomic mass is 10.0. The van der Waals surface area contributed by atoms with Crippen LogP contribution in [0.3, 0.4) is 0 Å². The number of benzene rings is 4. The van der Waals surface area contributed by atoms with Crippen molar-refractivity contribution >= 4 is 27.5 Å². The molecular weight excluding hydrogens is 582 g/mol. The average molecular weight is 626 g/mol.